The van der Waals surface area contributed by atoms with Crippen LogP contribution in [0.2, 0.25) is 0 Å². The lowest BCUT2D eigenvalue weighted by Gasteiger charge is -2.21. The maximum atomic E-state index is 12.3. The van der Waals surface area contributed by atoms with Gasteiger partial charge < -0.3 is 23.8 Å². The maximum absolute atomic E-state index is 12.3. The Bertz CT molecular complexity index is 629. The predicted octanol–water partition coefficient (Wildman–Crippen LogP) is 7.61. The van der Waals surface area contributed by atoms with Gasteiger partial charge in [-0.2, -0.15) is 0 Å². The number of carbonyl (C=O) groups excluding carboxylic acids is 3. The molecular formula is C31H59NO7. The van der Waals surface area contributed by atoms with E-state index < -0.39 is 11.8 Å². The SMILES string of the molecule is CCCCCCCC(=O)OCCCCCCCC(CCC(=O)OC(C)(C)C)OC(=O)OCCCN(CC)CC. The van der Waals surface area contributed by atoms with Crippen LogP contribution in [0.1, 0.15) is 138 Å². The predicted molar refractivity (Wildman–Crippen MR) is 156 cm³/mol. The van der Waals surface area contributed by atoms with Crippen LogP contribution in [0, 0.1) is 0 Å². The zero-order valence-corrected chi connectivity index (χ0v) is 26.0. The third-order valence-electron chi connectivity index (χ3n) is 6.50. The molecule has 0 bridgehead atoms. The average Bonchev–Trinajstić information content (AvgIpc) is 2.87. The third kappa shape index (κ3) is 24.9. The molecule has 0 radical (unpaired) electrons. The van der Waals surface area contributed by atoms with Crippen LogP contribution in [0.5, 0.6) is 0 Å². The minimum atomic E-state index is -0.670. The number of nitrogens with zero attached hydrogens (tertiary/aromatic N) is 1. The standard InChI is InChI=1S/C31H59NO7/c1-7-10-11-13-17-21-28(33)36-25-18-15-12-14-16-20-27(22-23-29(34)39-31(4,5)6)38-30(35)37-26-19-24-32(8-2)9-3/h27H,7-26H2,1-6H3. The Labute approximate surface area is 238 Å². The molecule has 1 atom stereocenters. The Morgan fingerprint density at radius 2 is 1.28 bits per heavy atom. The molecule has 0 aromatic heterocycles. The van der Waals surface area contributed by atoms with Crippen molar-refractivity contribution < 1.29 is 33.3 Å². The molecule has 0 saturated carbocycles. The number of unbranched alkanes of at least 4 members (excludes halogenated alkanes) is 8. The minimum absolute atomic E-state index is 0.0867. The van der Waals surface area contributed by atoms with Gasteiger partial charge in [0.1, 0.15) is 11.7 Å². The van der Waals surface area contributed by atoms with Gasteiger partial charge in [0.15, 0.2) is 0 Å². The number of hydrogen-bond acceptors (Lipinski definition) is 8. The first kappa shape index (κ1) is 37.2. The molecule has 0 fully saturated rings. The lowest BCUT2D eigenvalue weighted by Crippen LogP contribution is -2.27. The maximum Gasteiger partial charge on any atom is 0.508 e. The van der Waals surface area contributed by atoms with Gasteiger partial charge >= 0.3 is 18.1 Å². The van der Waals surface area contributed by atoms with Gasteiger partial charge in [-0.1, -0.05) is 65.7 Å². The first-order chi connectivity index (χ1) is 18.6. The Balaban J connectivity index is 4.25. The topological polar surface area (TPSA) is 91.4 Å². The van der Waals surface area contributed by atoms with Gasteiger partial charge in [-0.3, -0.25) is 9.59 Å². The molecule has 8 nitrogen and oxygen atoms in total. The highest BCUT2D eigenvalue weighted by Gasteiger charge is 2.21. The van der Waals surface area contributed by atoms with E-state index in [0.717, 1.165) is 71.0 Å². The fraction of sp³-hybridized carbons (Fsp3) is 0.903. The van der Waals surface area contributed by atoms with Crippen molar-refractivity contribution in [3.63, 3.8) is 0 Å². The first-order valence-corrected chi connectivity index (χ1v) is 15.5. The number of ether oxygens (including phenoxy) is 4. The largest absolute Gasteiger partial charge is 0.508 e. The summed E-state index contributed by atoms with van der Waals surface area (Å²) in [6, 6.07) is 0. The molecule has 8 heteroatoms. The second kappa shape index (κ2) is 24.0. The molecule has 0 spiro atoms. The quantitative estimate of drug-likeness (QED) is 0.0680. The zero-order chi connectivity index (χ0) is 29.4. The van der Waals surface area contributed by atoms with E-state index in [1.54, 1.807) is 0 Å². The number of hydrogen-bond donors (Lipinski definition) is 0. The van der Waals surface area contributed by atoms with E-state index in [1.165, 1.54) is 19.3 Å². The Morgan fingerprint density at radius 1 is 0.667 bits per heavy atom. The monoisotopic (exact) mass is 557 g/mol. The molecule has 0 aromatic carbocycles. The lowest BCUT2D eigenvalue weighted by molar-refractivity contribution is -0.155. The molecule has 0 aliphatic rings. The van der Waals surface area contributed by atoms with Gasteiger partial charge in [-0.15, -0.1) is 0 Å². The zero-order valence-electron chi connectivity index (χ0n) is 26.0. The van der Waals surface area contributed by atoms with Crippen LogP contribution >= 0.6 is 0 Å². The van der Waals surface area contributed by atoms with Crippen LogP contribution in [0.25, 0.3) is 0 Å². The van der Waals surface area contributed by atoms with Gasteiger partial charge in [-0.25, -0.2) is 4.79 Å². The fourth-order valence-corrected chi connectivity index (χ4v) is 4.22. The van der Waals surface area contributed by atoms with Crippen LogP contribution in [0.15, 0.2) is 0 Å². The highest BCUT2D eigenvalue weighted by molar-refractivity contribution is 5.70. The summed E-state index contributed by atoms with van der Waals surface area (Å²) in [6.07, 6.45) is 11.9. The van der Waals surface area contributed by atoms with E-state index in [-0.39, 0.29) is 24.5 Å². The van der Waals surface area contributed by atoms with Gasteiger partial charge in [0.05, 0.1) is 13.2 Å². The average molecular weight is 558 g/mol. The minimum Gasteiger partial charge on any atom is -0.466 e. The van der Waals surface area contributed by atoms with Crippen molar-refractivity contribution >= 4 is 18.1 Å². The first-order valence-electron chi connectivity index (χ1n) is 15.5. The Kier molecular flexibility index (Phi) is 22.9. The summed E-state index contributed by atoms with van der Waals surface area (Å²) in [7, 11) is 0. The molecule has 230 valence electrons. The molecule has 0 amide bonds. The summed E-state index contributed by atoms with van der Waals surface area (Å²) < 4.78 is 21.6. The Hall–Kier alpha value is -1.83. The molecule has 0 saturated heterocycles. The Morgan fingerprint density at radius 3 is 1.95 bits per heavy atom. The molecule has 39 heavy (non-hydrogen) atoms. The smallest absolute Gasteiger partial charge is 0.466 e. The van der Waals surface area contributed by atoms with Gasteiger partial charge in [0, 0.05) is 19.4 Å². The van der Waals surface area contributed by atoms with Crippen LogP contribution in [-0.4, -0.2) is 67.5 Å². The van der Waals surface area contributed by atoms with E-state index in [0.29, 0.717) is 32.5 Å². The van der Waals surface area contributed by atoms with Crippen LogP contribution in [-0.2, 0) is 28.5 Å². The van der Waals surface area contributed by atoms with E-state index in [9.17, 15) is 14.4 Å². The van der Waals surface area contributed by atoms with Gasteiger partial charge in [0.2, 0.25) is 0 Å². The molecule has 0 rings (SSSR count). The summed E-state index contributed by atoms with van der Waals surface area (Å²) in [5.41, 5.74) is -0.541. The van der Waals surface area contributed by atoms with Crippen molar-refractivity contribution in [1.82, 2.24) is 4.90 Å². The van der Waals surface area contributed by atoms with E-state index in [2.05, 4.69) is 25.7 Å². The van der Waals surface area contributed by atoms with Crippen molar-refractivity contribution in [2.75, 3.05) is 32.8 Å². The van der Waals surface area contributed by atoms with Crippen molar-refractivity contribution in [2.24, 2.45) is 0 Å². The normalized spacial score (nSPS) is 12.3. The molecule has 0 N–H and O–H groups in total. The van der Waals surface area contributed by atoms with Crippen molar-refractivity contribution in [3.05, 3.63) is 0 Å². The number of esters is 2. The third-order valence-corrected chi connectivity index (χ3v) is 6.50. The lowest BCUT2D eigenvalue weighted by atomic mass is 10.0. The summed E-state index contributed by atoms with van der Waals surface area (Å²) in [5, 5.41) is 0. The van der Waals surface area contributed by atoms with Gasteiger partial charge in [0.25, 0.3) is 0 Å². The summed E-state index contributed by atoms with van der Waals surface area (Å²) in [6.45, 7) is 15.5. The van der Waals surface area contributed by atoms with E-state index in [1.807, 2.05) is 20.8 Å². The molecular weight excluding hydrogens is 498 g/mol. The van der Waals surface area contributed by atoms with Crippen molar-refractivity contribution in [2.45, 2.75) is 150 Å². The van der Waals surface area contributed by atoms with E-state index >= 15 is 0 Å². The highest BCUT2D eigenvalue weighted by Crippen LogP contribution is 2.17. The number of carbonyl (C=O) groups is 3. The summed E-state index contributed by atoms with van der Waals surface area (Å²) in [5.74, 6) is -0.379. The van der Waals surface area contributed by atoms with Crippen molar-refractivity contribution in [3.8, 4) is 0 Å². The van der Waals surface area contributed by atoms with E-state index in [4.69, 9.17) is 18.9 Å². The highest BCUT2D eigenvalue weighted by atomic mass is 16.7. The van der Waals surface area contributed by atoms with Crippen LogP contribution < -0.4 is 0 Å². The summed E-state index contributed by atoms with van der Waals surface area (Å²) >= 11 is 0. The van der Waals surface area contributed by atoms with Crippen molar-refractivity contribution in [1.29, 1.82) is 0 Å². The molecule has 0 aromatic rings. The second-order valence-electron chi connectivity index (χ2n) is 11.3. The van der Waals surface area contributed by atoms with Gasteiger partial charge in [-0.05, 0) is 72.4 Å². The molecule has 0 aliphatic heterocycles. The molecule has 0 heterocycles. The van der Waals surface area contributed by atoms with Crippen LogP contribution in [0.3, 0.4) is 0 Å². The second-order valence-corrected chi connectivity index (χ2v) is 11.3. The number of rotatable bonds is 24. The molecule has 0 aliphatic carbocycles. The summed E-state index contributed by atoms with van der Waals surface area (Å²) in [4.78, 5) is 38.5. The molecule has 1 unspecified atom stereocenters. The fourth-order valence-electron chi connectivity index (χ4n) is 4.22. The van der Waals surface area contributed by atoms with Crippen LogP contribution in [0.4, 0.5) is 4.79 Å².